The van der Waals surface area contributed by atoms with Crippen molar-refractivity contribution < 1.29 is 14.0 Å². The molecule has 2 heterocycles. The fourth-order valence-corrected chi connectivity index (χ4v) is 1.27. The van der Waals surface area contributed by atoms with Gasteiger partial charge >= 0.3 is 0 Å². The van der Waals surface area contributed by atoms with Gasteiger partial charge in [0, 0.05) is 18.5 Å². The number of aromatic nitrogens is 1. The Balaban J connectivity index is 1.82. The van der Waals surface area contributed by atoms with Crippen molar-refractivity contribution in [3.05, 3.63) is 60.3 Å². The Hall–Kier alpha value is -2.89. The molecule has 0 saturated heterocycles. The van der Waals surface area contributed by atoms with Gasteiger partial charge in [0.25, 0.3) is 11.8 Å². The quantitative estimate of drug-likeness (QED) is 0.638. The van der Waals surface area contributed by atoms with Gasteiger partial charge in [-0.2, -0.15) is 0 Å². The number of furan rings is 1. The summed E-state index contributed by atoms with van der Waals surface area (Å²) in [4.78, 5) is 26.8. The molecule has 0 fully saturated rings. The van der Waals surface area contributed by atoms with Crippen molar-refractivity contribution in [2.45, 2.75) is 0 Å². The van der Waals surface area contributed by atoms with E-state index in [0.717, 1.165) is 0 Å². The molecule has 2 rings (SSSR count). The van der Waals surface area contributed by atoms with Gasteiger partial charge in [-0.1, -0.05) is 0 Å². The molecule has 2 aromatic rings. The van der Waals surface area contributed by atoms with E-state index in [1.54, 1.807) is 30.5 Å². The predicted molar refractivity (Wildman–Crippen MR) is 67.6 cm³/mol. The number of nitrogens with zero attached hydrogens (tertiary/aromatic N) is 1. The molecule has 19 heavy (non-hydrogen) atoms. The van der Waals surface area contributed by atoms with Crippen LogP contribution in [0.4, 0.5) is 0 Å². The summed E-state index contributed by atoms with van der Waals surface area (Å²) in [5.74, 6) is -0.352. The van der Waals surface area contributed by atoms with Crippen molar-refractivity contribution in [3.63, 3.8) is 0 Å². The minimum atomic E-state index is -0.464. The molecule has 2 N–H and O–H groups in total. The molecule has 0 unspecified atom stereocenters. The summed E-state index contributed by atoms with van der Waals surface area (Å²) in [5.41, 5.74) is 4.88. The highest BCUT2D eigenvalue weighted by atomic mass is 16.3. The zero-order chi connectivity index (χ0) is 13.5. The molecule has 0 radical (unpaired) electrons. The van der Waals surface area contributed by atoms with E-state index in [1.165, 1.54) is 24.6 Å². The Morgan fingerprint density at radius 1 is 1.21 bits per heavy atom. The van der Waals surface area contributed by atoms with Gasteiger partial charge in [0.1, 0.15) is 5.76 Å². The lowest BCUT2D eigenvalue weighted by atomic mass is 10.3. The van der Waals surface area contributed by atoms with E-state index in [1.807, 2.05) is 0 Å². The van der Waals surface area contributed by atoms with Crippen LogP contribution >= 0.6 is 0 Å². The molecular weight excluding hydrogens is 246 g/mol. The molecule has 0 saturated carbocycles. The molecule has 0 aromatic carbocycles. The van der Waals surface area contributed by atoms with Crippen LogP contribution in [0.25, 0.3) is 6.08 Å². The van der Waals surface area contributed by atoms with Crippen molar-refractivity contribution >= 4 is 17.9 Å². The lowest BCUT2D eigenvalue weighted by Gasteiger charge is -2.04. The summed E-state index contributed by atoms with van der Waals surface area (Å²) >= 11 is 0. The smallest absolute Gasteiger partial charge is 0.271 e. The first kappa shape index (κ1) is 12.6. The van der Waals surface area contributed by atoms with Gasteiger partial charge in [0.05, 0.1) is 11.8 Å². The molecular formula is C13H11N3O3. The molecule has 0 aliphatic heterocycles. The number of hydrogen-bond acceptors (Lipinski definition) is 4. The molecule has 0 bridgehead atoms. The minimum absolute atomic E-state index is 0.359. The third kappa shape index (κ3) is 3.81. The number of hydrogen-bond donors (Lipinski definition) is 2. The van der Waals surface area contributed by atoms with Crippen LogP contribution in [0.15, 0.2) is 53.4 Å². The third-order valence-corrected chi connectivity index (χ3v) is 2.17. The molecule has 6 nitrogen and oxygen atoms in total. The monoisotopic (exact) mass is 257 g/mol. The number of carbonyl (C=O) groups is 2. The molecule has 2 amide bonds. The molecule has 0 atom stereocenters. The fourth-order valence-electron chi connectivity index (χ4n) is 1.27. The number of pyridine rings is 1. The van der Waals surface area contributed by atoms with Gasteiger partial charge in [-0.05, 0) is 30.3 Å². The van der Waals surface area contributed by atoms with E-state index in [2.05, 4.69) is 15.8 Å². The highest BCUT2D eigenvalue weighted by Crippen LogP contribution is 2.01. The maximum absolute atomic E-state index is 11.6. The van der Waals surface area contributed by atoms with E-state index in [9.17, 15) is 9.59 Å². The van der Waals surface area contributed by atoms with Crippen LogP contribution < -0.4 is 10.9 Å². The van der Waals surface area contributed by atoms with E-state index < -0.39 is 11.8 Å². The molecule has 2 aromatic heterocycles. The minimum Gasteiger partial charge on any atom is -0.465 e. The SMILES string of the molecule is O=C(C=Cc1ccco1)NNC(=O)c1cccnc1. The maximum Gasteiger partial charge on any atom is 0.271 e. The molecule has 0 spiro atoms. The summed E-state index contributed by atoms with van der Waals surface area (Å²) in [6.45, 7) is 0. The van der Waals surface area contributed by atoms with Gasteiger partial charge in [0.2, 0.25) is 0 Å². The second kappa shape index (κ2) is 6.15. The van der Waals surface area contributed by atoms with Gasteiger partial charge < -0.3 is 4.42 Å². The zero-order valence-corrected chi connectivity index (χ0v) is 9.87. The van der Waals surface area contributed by atoms with E-state index in [0.29, 0.717) is 11.3 Å². The predicted octanol–water partition coefficient (Wildman–Crippen LogP) is 1.15. The fraction of sp³-hybridized carbons (Fsp3) is 0. The normalized spacial score (nSPS) is 10.3. The summed E-state index contributed by atoms with van der Waals surface area (Å²) in [6.07, 6.45) is 7.21. The van der Waals surface area contributed by atoms with E-state index in [-0.39, 0.29) is 0 Å². The first-order valence-electron chi connectivity index (χ1n) is 5.47. The molecule has 6 heteroatoms. The maximum atomic E-state index is 11.6. The summed E-state index contributed by atoms with van der Waals surface area (Å²) in [6, 6.07) is 6.64. The van der Waals surface area contributed by atoms with E-state index in [4.69, 9.17) is 4.42 Å². The van der Waals surface area contributed by atoms with Crippen molar-refractivity contribution in [2.75, 3.05) is 0 Å². The second-order valence-electron chi connectivity index (χ2n) is 3.53. The first-order chi connectivity index (χ1) is 9.25. The van der Waals surface area contributed by atoms with Crippen LogP contribution in [0.1, 0.15) is 16.1 Å². The van der Waals surface area contributed by atoms with Gasteiger partial charge in [-0.3, -0.25) is 25.4 Å². The largest absolute Gasteiger partial charge is 0.465 e. The standard InChI is InChI=1S/C13H11N3O3/c17-12(6-5-11-4-2-8-19-11)15-16-13(18)10-3-1-7-14-9-10/h1-9H,(H,15,17)(H,16,18). The average Bonchev–Trinajstić information content (AvgIpc) is 2.96. The second-order valence-corrected chi connectivity index (χ2v) is 3.53. The number of rotatable bonds is 3. The lowest BCUT2D eigenvalue weighted by Crippen LogP contribution is -2.40. The van der Waals surface area contributed by atoms with Gasteiger partial charge in [0.15, 0.2) is 0 Å². The van der Waals surface area contributed by atoms with Crippen LogP contribution in [-0.4, -0.2) is 16.8 Å². The molecule has 0 aliphatic rings. The van der Waals surface area contributed by atoms with Crippen LogP contribution in [0.2, 0.25) is 0 Å². The Labute approximate surface area is 109 Å². The van der Waals surface area contributed by atoms with Crippen molar-refractivity contribution in [1.82, 2.24) is 15.8 Å². The topological polar surface area (TPSA) is 84.2 Å². The number of nitrogens with one attached hydrogen (secondary N) is 2. The Kier molecular flexibility index (Phi) is 4.07. The average molecular weight is 257 g/mol. The van der Waals surface area contributed by atoms with Gasteiger partial charge in [-0.15, -0.1) is 0 Å². The number of carbonyl (C=O) groups excluding carboxylic acids is 2. The summed E-state index contributed by atoms with van der Waals surface area (Å²) in [7, 11) is 0. The third-order valence-electron chi connectivity index (χ3n) is 2.17. The molecule has 96 valence electrons. The molecule has 0 aliphatic carbocycles. The van der Waals surface area contributed by atoms with Crippen molar-refractivity contribution in [2.24, 2.45) is 0 Å². The number of hydrazine groups is 1. The number of amides is 2. The van der Waals surface area contributed by atoms with Crippen LogP contribution in [0.3, 0.4) is 0 Å². The van der Waals surface area contributed by atoms with Gasteiger partial charge in [-0.25, -0.2) is 0 Å². The first-order valence-corrected chi connectivity index (χ1v) is 5.47. The van der Waals surface area contributed by atoms with E-state index >= 15 is 0 Å². The lowest BCUT2D eigenvalue weighted by molar-refractivity contribution is -0.117. The Morgan fingerprint density at radius 2 is 2.11 bits per heavy atom. The summed E-state index contributed by atoms with van der Waals surface area (Å²) in [5, 5.41) is 0. The van der Waals surface area contributed by atoms with Crippen molar-refractivity contribution in [1.29, 1.82) is 0 Å². The highest BCUT2D eigenvalue weighted by molar-refractivity contribution is 5.97. The van der Waals surface area contributed by atoms with Crippen LogP contribution in [0, 0.1) is 0 Å². The Morgan fingerprint density at radius 3 is 2.79 bits per heavy atom. The zero-order valence-electron chi connectivity index (χ0n) is 9.87. The van der Waals surface area contributed by atoms with Crippen LogP contribution in [-0.2, 0) is 4.79 Å². The van der Waals surface area contributed by atoms with Crippen molar-refractivity contribution in [3.8, 4) is 0 Å². The summed E-state index contributed by atoms with van der Waals surface area (Å²) < 4.78 is 5.02. The van der Waals surface area contributed by atoms with Crippen LogP contribution in [0.5, 0.6) is 0 Å². The Bertz CT molecular complexity index is 576. The highest BCUT2D eigenvalue weighted by Gasteiger charge is 2.05.